The average Bonchev–Trinajstić information content (AvgIpc) is 3.21. The second-order valence-corrected chi connectivity index (χ2v) is 7.81. The third kappa shape index (κ3) is 4.39. The van der Waals surface area contributed by atoms with Gasteiger partial charge >= 0.3 is 0 Å². The Hall–Kier alpha value is -3.39. The number of ether oxygens (including phenoxy) is 1. The number of hydrazine groups is 1. The van der Waals surface area contributed by atoms with E-state index >= 15 is 0 Å². The molecule has 2 amide bonds. The molecule has 0 radical (unpaired) electrons. The largest absolute Gasteiger partial charge is 0.495 e. The second kappa shape index (κ2) is 8.77. The normalized spacial score (nSPS) is 20.0. The summed E-state index contributed by atoms with van der Waals surface area (Å²) >= 11 is 0. The van der Waals surface area contributed by atoms with Crippen LogP contribution in [0.4, 0.5) is 5.69 Å². The molecule has 2 unspecified atom stereocenters. The number of methoxy groups -OCH3 is 1. The monoisotopic (exact) mass is 421 g/mol. The van der Waals surface area contributed by atoms with Gasteiger partial charge in [0.2, 0.25) is 5.91 Å². The summed E-state index contributed by atoms with van der Waals surface area (Å²) in [4.78, 5) is 25.6. The highest BCUT2D eigenvalue weighted by Gasteiger charge is 2.41. The number of hydrazone groups is 1. The van der Waals surface area contributed by atoms with Crippen LogP contribution in [0.1, 0.15) is 36.1 Å². The van der Waals surface area contributed by atoms with Crippen LogP contribution in [0.15, 0.2) is 47.6 Å². The summed E-state index contributed by atoms with van der Waals surface area (Å²) in [5.41, 5.74) is 7.30. The molecule has 0 aromatic heterocycles. The zero-order valence-electron chi connectivity index (χ0n) is 18.0. The average molecular weight is 422 g/mol. The number of aryl methyl sites for hydroxylation is 2. The molecule has 0 bridgehead atoms. The van der Waals surface area contributed by atoms with Crippen LogP contribution < -0.4 is 15.5 Å². The van der Waals surface area contributed by atoms with Crippen molar-refractivity contribution in [3.63, 3.8) is 0 Å². The molecule has 4 rings (SSSR count). The van der Waals surface area contributed by atoms with E-state index in [-0.39, 0.29) is 24.4 Å². The Morgan fingerprint density at radius 1 is 1.26 bits per heavy atom. The third-order valence-electron chi connectivity index (χ3n) is 5.67. The number of amides is 2. The van der Waals surface area contributed by atoms with Gasteiger partial charge in [-0.05, 0) is 48.6 Å². The molecule has 8 heteroatoms. The van der Waals surface area contributed by atoms with Crippen LogP contribution in [-0.4, -0.2) is 47.9 Å². The zero-order chi connectivity index (χ0) is 22.0. The van der Waals surface area contributed by atoms with Crippen molar-refractivity contribution in [2.75, 3.05) is 19.0 Å². The minimum absolute atomic E-state index is 0.0247. The lowest BCUT2D eigenvalue weighted by Gasteiger charge is -2.29. The summed E-state index contributed by atoms with van der Waals surface area (Å²) in [5, 5.41) is 9.95. The van der Waals surface area contributed by atoms with E-state index in [9.17, 15) is 9.59 Å². The lowest BCUT2D eigenvalue weighted by molar-refractivity contribution is -0.139. The maximum absolute atomic E-state index is 13.0. The fourth-order valence-electron chi connectivity index (χ4n) is 3.90. The highest BCUT2D eigenvalue weighted by molar-refractivity contribution is 5.97. The van der Waals surface area contributed by atoms with Crippen LogP contribution in [-0.2, 0) is 16.0 Å². The SMILES string of the molecule is CCc1ccc(C2CC3C(=O)N(CC(=O)Nc4cc(C)ccc4OC)N=CN3N2)cc1. The Labute approximate surface area is 181 Å². The number of fused-ring (bicyclic) bond motifs is 1. The zero-order valence-corrected chi connectivity index (χ0v) is 18.0. The molecule has 2 aromatic rings. The fourth-order valence-corrected chi connectivity index (χ4v) is 3.90. The van der Waals surface area contributed by atoms with E-state index in [0.717, 1.165) is 17.5 Å². The van der Waals surface area contributed by atoms with Gasteiger partial charge in [-0.2, -0.15) is 5.10 Å². The maximum atomic E-state index is 13.0. The highest BCUT2D eigenvalue weighted by Crippen LogP contribution is 2.30. The highest BCUT2D eigenvalue weighted by atomic mass is 16.5. The molecule has 2 aromatic carbocycles. The first-order chi connectivity index (χ1) is 15.0. The van der Waals surface area contributed by atoms with Gasteiger partial charge in [-0.3, -0.25) is 14.6 Å². The summed E-state index contributed by atoms with van der Waals surface area (Å²) in [6.45, 7) is 3.89. The van der Waals surface area contributed by atoms with E-state index in [4.69, 9.17) is 4.74 Å². The number of benzene rings is 2. The number of rotatable bonds is 6. The minimum Gasteiger partial charge on any atom is -0.495 e. The number of hydrogen-bond donors (Lipinski definition) is 2. The van der Waals surface area contributed by atoms with Gasteiger partial charge in [0.25, 0.3) is 5.91 Å². The molecule has 2 aliphatic rings. The van der Waals surface area contributed by atoms with E-state index in [1.807, 2.05) is 19.1 Å². The van der Waals surface area contributed by atoms with Crippen molar-refractivity contribution in [1.29, 1.82) is 0 Å². The van der Waals surface area contributed by atoms with E-state index in [2.05, 4.69) is 47.0 Å². The first-order valence-corrected chi connectivity index (χ1v) is 10.4. The predicted molar refractivity (Wildman–Crippen MR) is 119 cm³/mol. The molecular formula is C23H27N5O3. The molecule has 2 heterocycles. The number of hydrogen-bond acceptors (Lipinski definition) is 6. The number of carbonyl (C=O) groups is 2. The van der Waals surface area contributed by atoms with E-state index in [1.165, 1.54) is 10.6 Å². The molecule has 0 aliphatic carbocycles. The van der Waals surface area contributed by atoms with Crippen LogP contribution in [0.5, 0.6) is 5.75 Å². The predicted octanol–water partition coefficient (Wildman–Crippen LogP) is 2.61. The Balaban J connectivity index is 1.40. The van der Waals surface area contributed by atoms with Crippen molar-refractivity contribution >= 4 is 23.8 Å². The molecule has 0 spiro atoms. The molecule has 1 saturated heterocycles. The third-order valence-corrected chi connectivity index (χ3v) is 5.67. The Morgan fingerprint density at radius 2 is 2.03 bits per heavy atom. The van der Waals surface area contributed by atoms with E-state index in [0.29, 0.717) is 17.9 Å². The minimum atomic E-state index is -0.394. The van der Waals surface area contributed by atoms with Gasteiger partial charge in [0, 0.05) is 0 Å². The smallest absolute Gasteiger partial charge is 0.267 e. The van der Waals surface area contributed by atoms with Crippen molar-refractivity contribution in [3.8, 4) is 5.75 Å². The van der Waals surface area contributed by atoms with Crippen LogP contribution in [0.25, 0.3) is 0 Å². The first kappa shape index (κ1) is 20.9. The Kier molecular flexibility index (Phi) is 5.90. The molecule has 2 aliphatic heterocycles. The number of nitrogens with zero attached hydrogens (tertiary/aromatic N) is 3. The summed E-state index contributed by atoms with van der Waals surface area (Å²) in [6.07, 6.45) is 3.18. The van der Waals surface area contributed by atoms with Crippen molar-refractivity contribution in [1.82, 2.24) is 15.4 Å². The quantitative estimate of drug-likeness (QED) is 0.749. The standard InChI is InChI=1S/C23H27N5O3/c1-4-16-6-8-17(9-7-16)18-12-20-23(30)27(24-14-28(20)26-18)13-22(29)25-19-11-15(2)5-10-21(19)31-3/h5-11,14,18,20,26H,4,12-13H2,1-3H3,(H,25,29). The number of carbonyl (C=O) groups excluding carboxylic acids is 2. The first-order valence-electron chi connectivity index (χ1n) is 10.4. The Bertz CT molecular complexity index is 1000. The molecule has 2 N–H and O–H groups in total. The number of anilines is 1. The van der Waals surface area contributed by atoms with Crippen molar-refractivity contribution in [2.45, 2.75) is 38.8 Å². The van der Waals surface area contributed by atoms with Crippen LogP contribution in [0, 0.1) is 6.92 Å². The topological polar surface area (TPSA) is 86.3 Å². The lowest BCUT2D eigenvalue weighted by atomic mass is 9.99. The lowest BCUT2D eigenvalue weighted by Crippen LogP contribution is -2.52. The second-order valence-electron chi connectivity index (χ2n) is 7.81. The van der Waals surface area contributed by atoms with Gasteiger partial charge in [0.05, 0.1) is 18.8 Å². The van der Waals surface area contributed by atoms with Crippen molar-refractivity contribution < 1.29 is 14.3 Å². The van der Waals surface area contributed by atoms with Gasteiger partial charge in [-0.15, -0.1) is 0 Å². The van der Waals surface area contributed by atoms with Gasteiger partial charge in [0.15, 0.2) is 0 Å². The van der Waals surface area contributed by atoms with Gasteiger partial charge < -0.3 is 10.1 Å². The van der Waals surface area contributed by atoms with Crippen LogP contribution in [0.3, 0.4) is 0 Å². The number of nitrogens with one attached hydrogen (secondary N) is 2. The van der Waals surface area contributed by atoms with Gasteiger partial charge in [0.1, 0.15) is 24.7 Å². The maximum Gasteiger partial charge on any atom is 0.267 e. The molecule has 2 atom stereocenters. The summed E-state index contributed by atoms with van der Waals surface area (Å²) < 4.78 is 5.30. The van der Waals surface area contributed by atoms with E-state index in [1.54, 1.807) is 24.5 Å². The van der Waals surface area contributed by atoms with Gasteiger partial charge in [-0.25, -0.2) is 10.4 Å². The van der Waals surface area contributed by atoms with Crippen LogP contribution in [0.2, 0.25) is 0 Å². The van der Waals surface area contributed by atoms with Crippen molar-refractivity contribution in [2.24, 2.45) is 5.10 Å². The molecule has 0 saturated carbocycles. The van der Waals surface area contributed by atoms with Crippen LogP contribution >= 0.6 is 0 Å². The fraction of sp³-hybridized carbons (Fsp3) is 0.348. The summed E-state index contributed by atoms with van der Waals surface area (Å²) in [7, 11) is 1.55. The van der Waals surface area contributed by atoms with Gasteiger partial charge in [-0.1, -0.05) is 37.3 Å². The molecular weight excluding hydrogens is 394 g/mol. The molecule has 162 valence electrons. The Morgan fingerprint density at radius 3 is 2.74 bits per heavy atom. The molecule has 1 fully saturated rings. The van der Waals surface area contributed by atoms with Crippen molar-refractivity contribution in [3.05, 3.63) is 59.2 Å². The molecule has 31 heavy (non-hydrogen) atoms. The molecule has 8 nitrogen and oxygen atoms in total. The summed E-state index contributed by atoms with van der Waals surface area (Å²) in [5.74, 6) is 0.0325. The summed E-state index contributed by atoms with van der Waals surface area (Å²) in [6, 6.07) is 13.6. The van der Waals surface area contributed by atoms with E-state index < -0.39 is 6.04 Å².